The Labute approximate surface area is 216 Å². The predicted molar refractivity (Wildman–Crippen MR) is 149 cm³/mol. The number of benzene rings is 1. The van der Waals surface area contributed by atoms with Crippen LogP contribution in [-0.4, -0.2) is 32.1 Å². The van der Waals surface area contributed by atoms with Gasteiger partial charge >= 0.3 is 6.03 Å². The molecule has 0 spiro atoms. The number of amides is 3. The number of hydrogen-bond acceptors (Lipinski definition) is 4. The molecule has 2 rings (SSSR count). The van der Waals surface area contributed by atoms with Gasteiger partial charge in [0.25, 0.3) is 0 Å². The molecule has 36 heavy (non-hydrogen) atoms. The average Bonchev–Trinajstić information content (AvgIpc) is 2.82. The Morgan fingerprint density at radius 2 is 1.72 bits per heavy atom. The molecule has 7 nitrogen and oxygen atoms in total. The number of rotatable bonds is 10. The van der Waals surface area contributed by atoms with Crippen LogP contribution in [0.3, 0.4) is 0 Å². The molecule has 4 N–H and O–H groups in total. The fraction of sp³-hybridized carbons (Fsp3) is 0.448. The molecule has 0 unspecified atom stereocenters. The monoisotopic (exact) mass is 494 g/mol. The van der Waals surface area contributed by atoms with Crippen LogP contribution in [0.2, 0.25) is 0 Å². The number of carbonyl (C=O) groups is 2. The number of carbonyl (C=O) groups excluding carboxylic acids is 2. The van der Waals surface area contributed by atoms with E-state index in [2.05, 4.69) is 33.9 Å². The molecule has 1 fully saturated rings. The maximum Gasteiger partial charge on any atom is 0.323 e. The van der Waals surface area contributed by atoms with Crippen LogP contribution in [-0.2, 0) is 9.53 Å². The predicted octanol–water partition coefficient (Wildman–Crippen LogP) is 6.12. The van der Waals surface area contributed by atoms with Crippen molar-refractivity contribution in [3.05, 3.63) is 72.2 Å². The summed E-state index contributed by atoms with van der Waals surface area (Å²) in [7, 11) is 1.59. The summed E-state index contributed by atoms with van der Waals surface area (Å²) in [5.74, 6) is 1.31. The fourth-order valence-corrected chi connectivity index (χ4v) is 4.01. The van der Waals surface area contributed by atoms with Crippen LogP contribution in [0.5, 0.6) is 0 Å². The summed E-state index contributed by atoms with van der Waals surface area (Å²) in [6, 6.07) is 6.59. The van der Waals surface area contributed by atoms with Crippen molar-refractivity contribution in [2.24, 2.45) is 11.3 Å². The normalized spacial score (nSPS) is 15.5. The van der Waals surface area contributed by atoms with E-state index < -0.39 is 6.03 Å². The second-order valence-electron chi connectivity index (χ2n) is 10.1. The average molecular weight is 495 g/mol. The highest BCUT2D eigenvalue weighted by Gasteiger charge is 2.18. The molecule has 1 aliphatic rings. The van der Waals surface area contributed by atoms with Crippen molar-refractivity contribution >= 4 is 23.3 Å². The first-order valence-electron chi connectivity index (χ1n) is 12.6. The highest BCUT2D eigenvalue weighted by molar-refractivity contribution is 5.93. The molecule has 1 heterocycles. The summed E-state index contributed by atoms with van der Waals surface area (Å²) >= 11 is 0. The molecular formula is C29H42N4O3. The van der Waals surface area contributed by atoms with Gasteiger partial charge < -0.3 is 26.0 Å². The molecule has 0 atom stereocenters. The number of allylic oxidation sites excluding steroid dienone is 5. The maximum atomic E-state index is 12.5. The van der Waals surface area contributed by atoms with Crippen molar-refractivity contribution in [1.29, 1.82) is 0 Å². The second kappa shape index (κ2) is 14.3. The molecule has 1 saturated heterocycles. The molecule has 7 heteroatoms. The minimum atomic E-state index is -0.409. The van der Waals surface area contributed by atoms with Gasteiger partial charge in [0.1, 0.15) is 5.76 Å². The molecule has 3 amide bonds. The van der Waals surface area contributed by atoms with E-state index in [0.717, 1.165) is 19.5 Å². The first-order chi connectivity index (χ1) is 17.1. The molecule has 1 aromatic carbocycles. The van der Waals surface area contributed by atoms with Crippen LogP contribution in [0.4, 0.5) is 16.2 Å². The molecule has 0 saturated carbocycles. The minimum Gasteiger partial charge on any atom is -0.500 e. The topological polar surface area (TPSA) is 91.5 Å². The molecule has 0 aliphatic carbocycles. The maximum absolute atomic E-state index is 12.5. The van der Waals surface area contributed by atoms with Gasteiger partial charge in [0.15, 0.2) is 0 Å². The Balaban J connectivity index is 1.86. The molecular weight excluding hydrogens is 452 g/mol. The van der Waals surface area contributed by atoms with Crippen molar-refractivity contribution in [3.8, 4) is 0 Å². The van der Waals surface area contributed by atoms with Gasteiger partial charge in [0.2, 0.25) is 5.91 Å². The third-order valence-corrected chi connectivity index (χ3v) is 5.88. The quantitative estimate of drug-likeness (QED) is 0.233. The molecule has 1 aromatic rings. The van der Waals surface area contributed by atoms with E-state index in [9.17, 15) is 9.59 Å². The van der Waals surface area contributed by atoms with Crippen LogP contribution < -0.4 is 21.3 Å². The van der Waals surface area contributed by atoms with E-state index in [1.54, 1.807) is 37.5 Å². The lowest BCUT2D eigenvalue weighted by Crippen LogP contribution is -2.27. The van der Waals surface area contributed by atoms with E-state index in [-0.39, 0.29) is 11.3 Å². The largest absolute Gasteiger partial charge is 0.500 e. The first kappa shape index (κ1) is 28.9. The summed E-state index contributed by atoms with van der Waals surface area (Å²) in [5, 5.41) is 11.8. The van der Waals surface area contributed by atoms with Gasteiger partial charge in [-0.25, -0.2) is 4.79 Å². The lowest BCUT2D eigenvalue weighted by atomic mass is 9.90. The number of piperidine rings is 1. The standard InChI is InChI=1S/C29H42N4O3/c1-7-8-22(20-23-15-17-30-18-16-23)9-14-27(34)32-24-10-12-25(13-11-24)33-28(35)31-21(2)19-26(36-6)29(3,4)5/h7-13,19,23,30H,2,14-18,20H2,1,3-6H3,(H,32,34)(H2,31,33,35)/b8-7-,22-9+,26-19-. The van der Waals surface area contributed by atoms with Gasteiger partial charge in [-0.2, -0.15) is 0 Å². The molecule has 196 valence electrons. The van der Waals surface area contributed by atoms with Crippen molar-refractivity contribution < 1.29 is 14.3 Å². The zero-order valence-electron chi connectivity index (χ0n) is 22.4. The number of anilines is 2. The van der Waals surface area contributed by atoms with Gasteiger partial charge in [-0.05, 0) is 75.5 Å². The highest BCUT2D eigenvalue weighted by Crippen LogP contribution is 2.26. The van der Waals surface area contributed by atoms with Gasteiger partial charge in [0.05, 0.1) is 7.11 Å². The van der Waals surface area contributed by atoms with Crippen LogP contribution in [0.1, 0.15) is 53.4 Å². The molecule has 0 aromatic heterocycles. The van der Waals surface area contributed by atoms with Crippen LogP contribution in [0, 0.1) is 11.3 Å². The summed E-state index contributed by atoms with van der Waals surface area (Å²) in [6.45, 7) is 14.1. The zero-order valence-corrected chi connectivity index (χ0v) is 22.4. The Morgan fingerprint density at radius 3 is 2.28 bits per heavy atom. The molecule has 1 aliphatic heterocycles. The summed E-state index contributed by atoms with van der Waals surface area (Å²) in [4.78, 5) is 24.8. The number of urea groups is 1. The number of hydrogen-bond donors (Lipinski definition) is 4. The van der Waals surface area contributed by atoms with Gasteiger partial charge in [0, 0.05) is 28.9 Å². The van der Waals surface area contributed by atoms with Crippen LogP contribution in [0.15, 0.2) is 72.2 Å². The fourth-order valence-electron chi connectivity index (χ4n) is 4.01. The van der Waals surface area contributed by atoms with Gasteiger partial charge in [-0.1, -0.05) is 51.2 Å². The smallest absolute Gasteiger partial charge is 0.323 e. The Hall–Kier alpha value is -3.32. The lowest BCUT2D eigenvalue weighted by molar-refractivity contribution is -0.115. The van der Waals surface area contributed by atoms with E-state index in [1.807, 2.05) is 39.8 Å². The van der Waals surface area contributed by atoms with Crippen LogP contribution in [0.25, 0.3) is 0 Å². The molecule has 0 radical (unpaired) electrons. The summed E-state index contributed by atoms with van der Waals surface area (Å²) in [6.07, 6.45) is 11.5. The number of ether oxygens (including phenoxy) is 1. The van der Waals surface area contributed by atoms with E-state index >= 15 is 0 Å². The van der Waals surface area contributed by atoms with Crippen molar-refractivity contribution in [2.75, 3.05) is 30.8 Å². The third kappa shape index (κ3) is 10.5. The van der Waals surface area contributed by atoms with E-state index in [1.165, 1.54) is 18.4 Å². The highest BCUT2D eigenvalue weighted by atomic mass is 16.5. The Bertz CT molecular complexity index is 979. The van der Waals surface area contributed by atoms with E-state index in [0.29, 0.717) is 35.2 Å². The van der Waals surface area contributed by atoms with E-state index in [4.69, 9.17) is 4.74 Å². The third-order valence-electron chi connectivity index (χ3n) is 5.88. The lowest BCUT2D eigenvalue weighted by Gasteiger charge is -2.23. The van der Waals surface area contributed by atoms with Crippen molar-refractivity contribution in [2.45, 2.75) is 53.4 Å². The SMILES string of the molecule is C=C(/C=C(\OC)C(C)(C)C)NC(=O)Nc1ccc(NC(=O)C/C=C(\C=C/C)CC2CCNCC2)cc1. The first-order valence-corrected chi connectivity index (χ1v) is 12.6. The summed E-state index contributed by atoms with van der Waals surface area (Å²) in [5.41, 5.74) is 2.71. The van der Waals surface area contributed by atoms with Gasteiger partial charge in [-0.15, -0.1) is 0 Å². The van der Waals surface area contributed by atoms with Crippen LogP contribution >= 0.6 is 0 Å². The van der Waals surface area contributed by atoms with Crippen molar-refractivity contribution in [3.63, 3.8) is 0 Å². The second-order valence-corrected chi connectivity index (χ2v) is 10.1. The number of nitrogens with one attached hydrogen (secondary N) is 4. The molecule has 0 bridgehead atoms. The Kier molecular flexibility index (Phi) is 11.5. The van der Waals surface area contributed by atoms with Gasteiger partial charge in [-0.3, -0.25) is 4.79 Å². The Morgan fingerprint density at radius 1 is 1.11 bits per heavy atom. The van der Waals surface area contributed by atoms with Crippen molar-refractivity contribution in [1.82, 2.24) is 10.6 Å². The minimum absolute atomic E-state index is 0.0725. The number of methoxy groups -OCH3 is 1. The zero-order chi connectivity index (χ0) is 26.6. The summed E-state index contributed by atoms with van der Waals surface area (Å²) < 4.78 is 5.39.